The van der Waals surface area contributed by atoms with E-state index in [9.17, 15) is 0 Å². The van der Waals surface area contributed by atoms with Gasteiger partial charge >= 0.3 is 0 Å². The SMILES string of the molecule is CCc1nc(N)c2ncn(Cc3ccccc3)c2n1. The summed E-state index contributed by atoms with van der Waals surface area (Å²) < 4.78 is 2.00. The minimum absolute atomic E-state index is 0.452. The van der Waals surface area contributed by atoms with Crippen LogP contribution in [0.25, 0.3) is 11.2 Å². The van der Waals surface area contributed by atoms with Crippen LogP contribution in [0.5, 0.6) is 0 Å². The predicted molar refractivity (Wildman–Crippen MR) is 74.7 cm³/mol. The number of aryl methyl sites for hydroxylation is 1. The van der Waals surface area contributed by atoms with Crippen molar-refractivity contribution in [2.45, 2.75) is 19.9 Å². The molecule has 0 bridgehead atoms. The van der Waals surface area contributed by atoms with Crippen LogP contribution in [-0.2, 0) is 13.0 Å². The molecule has 0 aliphatic heterocycles. The molecule has 2 N–H and O–H groups in total. The van der Waals surface area contributed by atoms with Crippen molar-refractivity contribution in [3.63, 3.8) is 0 Å². The normalized spacial score (nSPS) is 11.0. The molecule has 0 radical (unpaired) electrons. The Morgan fingerprint density at radius 1 is 1.16 bits per heavy atom. The van der Waals surface area contributed by atoms with Crippen LogP contribution in [0.1, 0.15) is 18.3 Å². The van der Waals surface area contributed by atoms with E-state index in [2.05, 4.69) is 27.1 Å². The summed E-state index contributed by atoms with van der Waals surface area (Å²) in [6.07, 6.45) is 2.53. The van der Waals surface area contributed by atoms with Crippen LogP contribution in [0.3, 0.4) is 0 Å². The quantitative estimate of drug-likeness (QED) is 0.775. The van der Waals surface area contributed by atoms with Crippen LogP contribution in [-0.4, -0.2) is 19.5 Å². The topological polar surface area (TPSA) is 69.6 Å². The third-order valence-corrected chi connectivity index (χ3v) is 3.05. The van der Waals surface area contributed by atoms with Gasteiger partial charge in [0.25, 0.3) is 0 Å². The number of hydrogen-bond acceptors (Lipinski definition) is 4. The molecule has 96 valence electrons. The number of rotatable bonds is 3. The highest BCUT2D eigenvalue weighted by molar-refractivity contribution is 5.81. The molecular weight excluding hydrogens is 238 g/mol. The van der Waals surface area contributed by atoms with Gasteiger partial charge in [-0.2, -0.15) is 0 Å². The van der Waals surface area contributed by atoms with Crippen LogP contribution >= 0.6 is 0 Å². The third kappa shape index (κ3) is 2.14. The average Bonchev–Trinajstić information content (AvgIpc) is 2.83. The van der Waals surface area contributed by atoms with E-state index in [0.717, 1.165) is 24.4 Å². The number of imidazole rings is 1. The molecule has 0 saturated carbocycles. The molecule has 19 heavy (non-hydrogen) atoms. The van der Waals surface area contributed by atoms with Crippen LogP contribution < -0.4 is 5.73 Å². The van der Waals surface area contributed by atoms with E-state index in [-0.39, 0.29) is 0 Å². The van der Waals surface area contributed by atoms with E-state index in [0.29, 0.717) is 11.3 Å². The van der Waals surface area contributed by atoms with Gasteiger partial charge in [0.15, 0.2) is 11.5 Å². The summed E-state index contributed by atoms with van der Waals surface area (Å²) in [5.41, 5.74) is 8.59. The van der Waals surface area contributed by atoms with Crippen LogP contribution in [0, 0.1) is 0 Å². The maximum Gasteiger partial charge on any atom is 0.166 e. The molecule has 5 heteroatoms. The van der Waals surface area contributed by atoms with Crippen molar-refractivity contribution in [2.75, 3.05) is 5.73 Å². The van der Waals surface area contributed by atoms with E-state index < -0.39 is 0 Å². The number of anilines is 1. The molecule has 0 aliphatic carbocycles. The minimum atomic E-state index is 0.452. The summed E-state index contributed by atoms with van der Waals surface area (Å²) in [6, 6.07) is 10.2. The van der Waals surface area contributed by atoms with E-state index in [1.54, 1.807) is 6.33 Å². The summed E-state index contributed by atoms with van der Waals surface area (Å²) in [6.45, 7) is 2.75. The Morgan fingerprint density at radius 3 is 2.68 bits per heavy atom. The highest BCUT2D eigenvalue weighted by atomic mass is 15.1. The van der Waals surface area contributed by atoms with Gasteiger partial charge in [0.05, 0.1) is 12.9 Å². The van der Waals surface area contributed by atoms with Gasteiger partial charge in [0.2, 0.25) is 0 Å². The van der Waals surface area contributed by atoms with E-state index >= 15 is 0 Å². The lowest BCUT2D eigenvalue weighted by atomic mass is 10.2. The van der Waals surface area contributed by atoms with E-state index in [1.165, 1.54) is 5.56 Å². The Kier molecular flexibility index (Phi) is 2.87. The molecule has 2 heterocycles. The van der Waals surface area contributed by atoms with E-state index in [4.69, 9.17) is 5.73 Å². The van der Waals surface area contributed by atoms with Gasteiger partial charge in [0.1, 0.15) is 11.3 Å². The zero-order chi connectivity index (χ0) is 13.2. The van der Waals surface area contributed by atoms with Crippen molar-refractivity contribution in [3.8, 4) is 0 Å². The first-order valence-electron chi connectivity index (χ1n) is 6.29. The highest BCUT2D eigenvalue weighted by Gasteiger charge is 2.10. The second kappa shape index (κ2) is 4.68. The summed E-state index contributed by atoms with van der Waals surface area (Å²) in [5, 5.41) is 0. The smallest absolute Gasteiger partial charge is 0.166 e. The number of fused-ring (bicyclic) bond motifs is 1. The first kappa shape index (κ1) is 11.6. The van der Waals surface area contributed by atoms with Gasteiger partial charge in [-0.25, -0.2) is 15.0 Å². The lowest BCUT2D eigenvalue weighted by Gasteiger charge is -2.05. The maximum atomic E-state index is 5.91. The second-order valence-electron chi connectivity index (χ2n) is 4.41. The molecule has 0 fully saturated rings. The zero-order valence-electron chi connectivity index (χ0n) is 10.7. The molecule has 0 spiro atoms. The Bertz CT molecular complexity index is 702. The Labute approximate surface area is 111 Å². The molecule has 5 nitrogen and oxygen atoms in total. The fourth-order valence-corrected chi connectivity index (χ4v) is 2.07. The summed E-state index contributed by atoms with van der Waals surface area (Å²) in [7, 11) is 0. The molecule has 0 atom stereocenters. The Balaban J connectivity index is 2.07. The third-order valence-electron chi connectivity index (χ3n) is 3.05. The molecule has 1 aromatic carbocycles. The molecular formula is C14H15N5. The summed E-state index contributed by atoms with van der Waals surface area (Å²) in [4.78, 5) is 13.1. The summed E-state index contributed by atoms with van der Waals surface area (Å²) in [5.74, 6) is 1.20. The standard InChI is InChI=1S/C14H15N5/c1-2-11-17-13(15)12-14(18-11)19(9-16-12)8-10-6-4-3-5-7-10/h3-7,9H,2,8H2,1H3,(H2,15,17,18). The van der Waals surface area contributed by atoms with Crippen molar-refractivity contribution in [2.24, 2.45) is 0 Å². The first-order chi connectivity index (χ1) is 9.28. The van der Waals surface area contributed by atoms with Crippen LogP contribution in [0.15, 0.2) is 36.7 Å². The molecule has 0 unspecified atom stereocenters. The first-order valence-corrected chi connectivity index (χ1v) is 6.29. The van der Waals surface area contributed by atoms with Gasteiger partial charge in [-0.1, -0.05) is 37.3 Å². The number of aromatic nitrogens is 4. The van der Waals surface area contributed by atoms with Gasteiger partial charge < -0.3 is 10.3 Å². The lowest BCUT2D eigenvalue weighted by Crippen LogP contribution is -2.04. The number of benzene rings is 1. The number of nitrogen functional groups attached to an aromatic ring is 1. The second-order valence-corrected chi connectivity index (χ2v) is 4.41. The van der Waals surface area contributed by atoms with Crippen LogP contribution in [0.4, 0.5) is 5.82 Å². The molecule has 0 amide bonds. The molecule has 3 rings (SSSR count). The van der Waals surface area contributed by atoms with Gasteiger partial charge in [-0.05, 0) is 5.56 Å². The number of nitrogens with zero attached hydrogens (tertiary/aromatic N) is 4. The highest BCUT2D eigenvalue weighted by Crippen LogP contribution is 2.17. The predicted octanol–water partition coefficient (Wildman–Crippen LogP) is 2.02. The largest absolute Gasteiger partial charge is 0.382 e. The monoisotopic (exact) mass is 253 g/mol. The van der Waals surface area contributed by atoms with Crippen molar-refractivity contribution < 1.29 is 0 Å². The lowest BCUT2D eigenvalue weighted by molar-refractivity contribution is 0.806. The fourth-order valence-electron chi connectivity index (χ4n) is 2.07. The van der Waals surface area contributed by atoms with E-state index in [1.807, 2.05) is 29.7 Å². The zero-order valence-corrected chi connectivity index (χ0v) is 10.7. The Hall–Kier alpha value is -2.43. The van der Waals surface area contributed by atoms with Gasteiger partial charge in [-0.15, -0.1) is 0 Å². The van der Waals surface area contributed by atoms with Crippen molar-refractivity contribution in [1.29, 1.82) is 0 Å². The molecule has 3 aromatic rings. The maximum absolute atomic E-state index is 5.91. The molecule has 0 saturated heterocycles. The van der Waals surface area contributed by atoms with Gasteiger partial charge in [0, 0.05) is 6.42 Å². The van der Waals surface area contributed by atoms with Gasteiger partial charge in [-0.3, -0.25) is 0 Å². The van der Waals surface area contributed by atoms with Crippen molar-refractivity contribution >= 4 is 17.0 Å². The van der Waals surface area contributed by atoms with Crippen molar-refractivity contribution in [1.82, 2.24) is 19.5 Å². The average molecular weight is 253 g/mol. The van der Waals surface area contributed by atoms with Crippen molar-refractivity contribution in [3.05, 3.63) is 48.0 Å². The number of nitrogens with two attached hydrogens (primary N) is 1. The Morgan fingerprint density at radius 2 is 1.95 bits per heavy atom. The fraction of sp³-hybridized carbons (Fsp3) is 0.214. The molecule has 0 aliphatic rings. The van der Waals surface area contributed by atoms with Crippen LogP contribution in [0.2, 0.25) is 0 Å². The molecule has 2 aromatic heterocycles. The number of hydrogen-bond donors (Lipinski definition) is 1. The summed E-state index contributed by atoms with van der Waals surface area (Å²) >= 11 is 0. The minimum Gasteiger partial charge on any atom is -0.382 e.